The van der Waals surface area contributed by atoms with E-state index in [4.69, 9.17) is 19.6 Å². The molecule has 4 aromatic carbocycles. The van der Waals surface area contributed by atoms with Crippen LogP contribution in [-0.2, 0) is 22.5 Å². The molecule has 6 heteroatoms. The Morgan fingerprint density at radius 3 is 2.10 bits per heavy atom. The molecule has 0 unspecified atom stereocenters. The van der Waals surface area contributed by atoms with Gasteiger partial charge in [0.15, 0.2) is 11.6 Å². The molecule has 1 amide bonds. The third-order valence-electron chi connectivity index (χ3n) is 6.74. The molecule has 0 aliphatic carbocycles. The summed E-state index contributed by atoms with van der Waals surface area (Å²) in [4.78, 5) is 19.2. The van der Waals surface area contributed by atoms with E-state index in [0.29, 0.717) is 37.6 Å². The molecule has 0 bridgehead atoms. The third kappa shape index (κ3) is 6.19. The van der Waals surface area contributed by atoms with Gasteiger partial charge in [0, 0.05) is 31.6 Å². The Morgan fingerprint density at radius 1 is 0.846 bits per heavy atom. The van der Waals surface area contributed by atoms with Crippen LogP contribution in [0.2, 0.25) is 0 Å². The number of nitrogens with zero attached hydrogens (tertiary/aromatic N) is 1. The molecule has 0 radical (unpaired) electrons. The summed E-state index contributed by atoms with van der Waals surface area (Å²) in [6, 6.07) is 37.1. The number of benzene rings is 4. The Bertz CT molecular complexity index is 1380. The van der Waals surface area contributed by atoms with Crippen molar-refractivity contribution in [2.75, 3.05) is 13.2 Å². The molecule has 0 aromatic heterocycles. The summed E-state index contributed by atoms with van der Waals surface area (Å²) < 4.78 is 12.2. The van der Waals surface area contributed by atoms with Crippen LogP contribution in [0, 0.1) is 0 Å². The molecule has 0 spiro atoms. The van der Waals surface area contributed by atoms with Crippen molar-refractivity contribution >= 4 is 11.8 Å². The van der Waals surface area contributed by atoms with Gasteiger partial charge in [0.25, 0.3) is 5.91 Å². The largest absolute Gasteiger partial charge is 0.494 e. The average Bonchev–Trinajstić information content (AvgIpc) is 3.38. The summed E-state index contributed by atoms with van der Waals surface area (Å²) in [5.41, 5.74) is 2.43. The first-order valence-corrected chi connectivity index (χ1v) is 13.2. The summed E-state index contributed by atoms with van der Waals surface area (Å²) in [7, 11) is 0. The first kappa shape index (κ1) is 26.2. The van der Waals surface area contributed by atoms with E-state index in [9.17, 15) is 4.79 Å². The first-order valence-electron chi connectivity index (χ1n) is 13.2. The van der Waals surface area contributed by atoms with Crippen molar-refractivity contribution in [1.82, 2.24) is 5.32 Å². The van der Waals surface area contributed by atoms with Crippen molar-refractivity contribution < 1.29 is 19.4 Å². The second-order valence-corrected chi connectivity index (χ2v) is 9.53. The van der Waals surface area contributed by atoms with Gasteiger partial charge in [0.05, 0.1) is 6.61 Å². The van der Waals surface area contributed by atoms with E-state index in [1.54, 1.807) is 0 Å². The van der Waals surface area contributed by atoms with E-state index >= 15 is 0 Å². The van der Waals surface area contributed by atoms with E-state index < -0.39 is 11.6 Å². The van der Waals surface area contributed by atoms with Crippen LogP contribution in [0.3, 0.4) is 0 Å². The highest BCUT2D eigenvalue weighted by molar-refractivity contribution is 6.01. The van der Waals surface area contributed by atoms with Crippen LogP contribution >= 0.6 is 0 Å². The molecule has 2 N–H and O–H groups in total. The summed E-state index contributed by atoms with van der Waals surface area (Å²) in [5.74, 6) is 0.918. The molecule has 5 rings (SSSR count). The van der Waals surface area contributed by atoms with Crippen LogP contribution < -0.4 is 10.1 Å². The van der Waals surface area contributed by atoms with Crippen molar-refractivity contribution in [2.24, 2.45) is 4.99 Å². The van der Waals surface area contributed by atoms with Crippen molar-refractivity contribution in [1.29, 1.82) is 0 Å². The maximum atomic E-state index is 14.2. The number of hydrogen-bond donors (Lipinski definition) is 2. The minimum absolute atomic E-state index is 0.0828. The van der Waals surface area contributed by atoms with Crippen molar-refractivity contribution in [2.45, 2.75) is 31.0 Å². The molecule has 6 nitrogen and oxygen atoms in total. The van der Waals surface area contributed by atoms with Gasteiger partial charge in [-0.05, 0) is 41.0 Å². The number of amides is 1. The van der Waals surface area contributed by atoms with Crippen molar-refractivity contribution in [3.05, 3.63) is 138 Å². The Kier molecular flexibility index (Phi) is 8.34. The van der Waals surface area contributed by atoms with Crippen LogP contribution in [0.1, 0.15) is 34.8 Å². The van der Waals surface area contributed by atoms with Crippen LogP contribution in [0.4, 0.5) is 0 Å². The third-order valence-corrected chi connectivity index (χ3v) is 6.74. The molecule has 0 saturated heterocycles. The highest BCUT2D eigenvalue weighted by atomic mass is 16.5. The average molecular weight is 521 g/mol. The molecular formula is C33H32N2O4. The Morgan fingerprint density at radius 2 is 1.46 bits per heavy atom. The first-order chi connectivity index (χ1) is 19.2. The Hall–Kier alpha value is -4.42. The van der Waals surface area contributed by atoms with Crippen molar-refractivity contribution in [3.63, 3.8) is 0 Å². The van der Waals surface area contributed by atoms with E-state index in [-0.39, 0.29) is 12.5 Å². The fraction of sp³-hybridized carbons (Fsp3) is 0.212. The number of aliphatic hydroxyl groups is 1. The zero-order valence-electron chi connectivity index (χ0n) is 21.7. The standard InChI is InChI=1S/C33H32N2O4/c36-21-10-22-38-29-19-17-28(18-20-29)31-35-33(23-25-11-4-1-5-12-25,30(39-31)27-15-8-3-9-16-27)32(37)34-24-26-13-6-2-7-14-26/h1-9,11-20,30,36H,10,21-24H2,(H,34,37)/t30-,33-/m0/s1. The van der Waals surface area contributed by atoms with Gasteiger partial charge in [-0.25, -0.2) is 4.99 Å². The predicted octanol–water partition coefficient (Wildman–Crippen LogP) is 5.26. The summed E-state index contributed by atoms with van der Waals surface area (Å²) >= 11 is 0. The Labute approximate surface area is 229 Å². The quantitative estimate of drug-likeness (QED) is 0.264. The smallest absolute Gasteiger partial charge is 0.252 e. The van der Waals surface area contributed by atoms with Gasteiger partial charge in [-0.1, -0.05) is 91.0 Å². The summed E-state index contributed by atoms with van der Waals surface area (Å²) in [6.07, 6.45) is 0.321. The van der Waals surface area contributed by atoms with Gasteiger partial charge in [-0.15, -0.1) is 0 Å². The maximum Gasteiger partial charge on any atom is 0.252 e. The Balaban J connectivity index is 1.52. The van der Waals surface area contributed by atoms with Gasteiger partial charge >= 0.3 is 0 Å². The second-order valence-electron chi connectivity index (χ2n) is 9.53. The molecule has 1 aliphatic heterocycles. The van der Waals surface area contributed by atoms with E-state index in [0.717, 1.165) is 22.3 Å². The molecule has 4 aromatic rings. The number of aliphatic imine (C=N–C) groups is 1. The molecule has 1 aliphatic rings. The number of hydrogen-bond acceptors (Lipinski definition) is 5. The molecule has 0 fully saturated rings. The minimum atomic E-state index is -1.22. The molecule has 1 heterocycles. The lowest BCUT2D eigenvalue weighted by molar-refractivity contribution is -0.129. The van der Waals surface area contributed by atoms with Crippen LogP contribution in [0.15, 0.2) is 120 Å². The number of carbonyl (C=O) groups excluding carboxylic acids is 1. The van der Waals surface area contributed by atoms with Gasteiger partial charge in [0.2, 0.25) is 5.90 Å². The van der Waals surface area contributed by atoms with Gasteiger partial charge in [-0.3, -0.25) is 4.79 Å². The van der Waals surface area contributed by atoms with E-state index in [1.165, 1.54) is 0 Å². The molecule has 2 atom stereocenters. The molecule has 198 valence electrons. The van der Waals surface area contributed by atoms with Gasteiger partial charge in [0.1, 0.15) is 5.75 Å². The van der Waals surface area contributed by atoms with Gasteiger partial charge < -0.3 is 19.9 Å². The number of ether oxygens (including phenoxy) is 2. The van der Waals surface area contributed by atoms with Gasteiger partial charge in [-0.2, -0.15) is 0 Å². The second kappa shape index (κ2) is 12.4. The lowest BCUT2D eigenvalue weighted by Gasteiger charge is -2.31. The predicted molar refractivity (Wildman–Crippen MR) is 152 cm³/mol. The van der Waals surface area contributed by atoms with Crippen LogP contribution in [0.25, 0.3) is 0 Å². The molecular weight excluding hydrogens is 488 g/mol. The SMILES string of the molecule is O=C(NCc1ccccc1)[C@@]1(Cc2ccccc2)N=C(c2ccc(OCCCO)cc2)O[C@H]1c1ccccc1. The van der Waals surface area contributed by atoms with E-state index in [1.807, 2.05) is 115 Å². The highest BCUT2D eigenvalue weighted by Crippen LogP contribution is 2.42. The molecule has 0 saturated carbocycles. The fourth-order valence-corrected chi connectivity index (χ4v) is 4.75. The monoisotopic (exact) mass is 520 g/mol. The maximum absolute atomic E-state index is 14.2. The van der Waals surface area contributed by atoms with Crippen molar-refractivity contribution in [3.8, 4) is 5.75 Å². The highest BCUT2D eigenvalue weighted by Gasteiger charge is 2.53. The number of carbonyl (C=O) groups is 1. The minimum Gasteiger partial charge on any atom is -0.494 e. The number of aliphatic hydroxyl groups excluding tert-OH is 1. The number of nitrogens with one attached hydrogen (secondary N) is 1. The topological polar surface area (TPSA) is 80.2 Å². The normalized spacial score (nSPS) is 18.2. The lowest BCUT2D eigenvalue weighted by Crippen LogP contribution is -2.49. The zero-order chi connectivity index (χ0) is 26.9. The summed E-state index contributed by atoms with van der Waals surface area (Å²) in [5, 5.41) is 12.2. The zero-order valence-corrected chi connectivity index (χ0v) is 21.7. The number of rotatable bonds is 11. The van der Waals surface area contributed by atoms with Crippen LogP contribution in [-0.4, -0.2) is 35.7 Å². The fourth-order valence-electron chi connectivity index (χ4n) is 4.75. The van der Waals surface area contributed by atoms with Crippen LogP contribution in [0.5, 0.6) is 5.75 Å². The lowest BCUT2D eigenvalue weighted by atomic mass is 9.82. The molecule has 39 heavy (non-hydrogen) atoms. The summed E-state index contributed by atoms with van der Waals surface area (Å²) in [6.45, 7) is 0.910. The van der Waals surface area contributed by atoms with E-state index in [2.05, 4.69) is 5.32 Å².